The highest BCUT2D eigenvalue weighted by molar-refractivity contribution is 5.15. The Balaban J connectivity index is 1.79. The van der Waals surface area contributed by atoms with Crippen molar-refractivity contribution in [3.05, 3.63) is 24.5 Å². The summed E-state index contributed by atoms with van der Waals surface area (Å²) in [4.78, 5) is 3.98. The Morgan fingerprint density at radius 3 is 3.31 bits per heavy atom. The molecule has 3 nitrogen and oxygen atoms in total. The van der Waals surface area contributed by atoms with Gasteiger partial charge in [0.15, 0.2) is 0 Å². The number of hydrogen-bond donors (Lipinski definition) is 1. The van der Waals surface area contributed by atoms with Crippen LogP contribution in [0.4, 0.5) is 0 Å². The number of rotatable bonds is 3. The molecule has 0 radical (unpaired) electrons. The lowest BCUT2D eigenvalue weighted by molar-refractivity contribution is 0.276. The molecule has 13 heavy (non-hydrogen) atoms. The third-order valence-electron chi connectivity index (χ3n) is 2.25. The van der Waals surface area contributed by atoms with Gasteiger partial charge in [-0.25, -0.2) is 0 Å². The summed E-state index contributed by atoms with van der Waals surface area (Å²) >= 11 is 0. The van der Waals surface area contributed by atoms with E-state index in [2.05, 4.69) is 10.3 Å². The maximum atomic E-state index is 5.56. The number of ether oxygens (including phenoxy) is 1. The van der Waals surface area contributed by atoms with Gasteiger partial charge in [0.1, 0.15) is 12.4 Å². The second-order valence-corrected chi connectivity index (χ2v) is 3.29. The molecule has 1 aromatic heterocycles. The Morgan fingerprint density at radius 1 is 1.62 bits per heavy atom. The van der Waals surface area contributed by atoms with E-state index in [-0.39, 0.29) is 0 Å². The van der Waals surface area contributed by atoms with Gasteiger partial charge < -0.3 is 10.1 Å². The van der Waals surface area contributed by atoms with Crippen LogP contribution in [0.5, 0.6) is 5.75 Å². The molecule has 1 aliphatic heterocycles. The number of nitrogens with zero attached hydrogens (tertiary/aromatic N) is 1. The molecule has 2 heterocycles. The van der Waals surface area contributed by atoms with E-state index in [0.717, 1.165) is 18.9 Å². The van der Waals surface area contributed by atoms with Gasteiger partial charge in [-0.05, 0) is 31.5 Å². The average Bonchev–Trinajstić information content (AvgIpc) is 2.69. The van der Waals surface area contributed by atoms with Gasteiger partial charge >= 0.3 is 0 Å². The molecule has 2 rings (SSSR count). The molecule has 70 valence electrons. The van der Waals surface area contributed by atoms with E-state index in [0.29, 0.717) is 6.04 Å². The van der Waals surface area contributed by atoms with Crippen LogP contribution in [-0.4, -0.2) is 24.2 Å². The SMILES string of the molecule is c1cncc(OC[C@@H]2CCCN2)c1. The zero-order chi connectivity index (χ0) is 8.93. The quantitative estimate of drug-likeness (QED) is 0.755. The van der Waals surface area contributed by atoms with E-state index in [9.17, 15) is 0 Å². The van der Waals surface area contributed by atoms with Gasteiger partial charge in [0, 0.05) is 12.2 Å². The van der Waals surface area contributed by atoms with Crippen LogP contribution in [0.3, 0.4) is 0 Å². The van der Waals surface area contributed by atoms with Crippen LogP contribution in [-0.2, 0) is 0 Å². The fourth-order valence-electron chi connectivity index (χ4n) is 1.53. The van der Waals surface area contributed by atoms with Crippen molar-refractivity contribution in [2.45, 2.75) is 18.9 Å². The van der Waals surface area contributed by atoms with Crippen LogP contribution in [0.25, 0.3) is 0 Å². The van der Waals surface area contributed by atoms with Crippen molar-refractivity contribution >= 4 is 0 Å². The van der Waals surface area contributed by atoms with Gasteiger partial charge in [0.25, 0.3) is 0 Å². The highest BCUT2D eigenvalue weighted by Crippen LogP contribution is 2.10. The third kappa shape index (κ3) is 2.42. The van der Waals surface area contributed by atoms with Crippen molar-refractivity contribution in [3.63, 3.8) is 0 Å². The Morgan fingerprint density at radius 2 is 2.62 bits per heavy atom. The Labute approximate surface area is 78.1 Å². The van der Waals surface area contributed by atoms with E-state index >= 15 is 0 Å². The van der Waals surface area contributed by atoms with Gasteiger partial charge in [0.2, 0.25) is 0 Å². The lowest BCUT2D eigenvalue weighted by Gasteiger charge is -2.11. The van der Waals surface area contributed by atoms with Gasteiger partial charge in [-0.15, -0.1) is 0 Å². The summed E-state index contributed by atoms with van der Waals surface area (Å²) in [5.74, 6) is 0.858. The number of nitrogens with one attached hydrogen (secondary N) is 1. The normalized spacial score (nSPS) is 21.7. The topological polar surface area (TPSA) is 34.1 Å². The molecule has 1 aliphatic rings. The van der Waals surface area contributed by atoms with Crippen LogP contribution >= 0.6 is 0 Å². The van der Waals surface area contributed by atoms with E-state index in [1.54, 1.807) is 12.4 Å². The summed E-state index contributed by atoms with van der Waals surface area (Å²) in [6.07, 6.45) is 5.98. The maximum absolute atomic E-state index is 5.56. The first-order valence-corrected chi connectivity index (χ1v) is 4.71. The largest absolute Gasteiger partial charge is 0.490 e. The lowest BCUT2D eigenvalue weighted by Crippen LogP contribution is -2.28. The van der Waals surface area contributed by atoms with E-state index < -0.39 is 0 Å². The van der Waals surface area contributed by atoms with Crippen LogP contribution in [0.1, 0.15) is 12.8 Å². The second kappa shape index (κ2) is 4.23. The molecule has 0 spiro atoms. The summed E-state index contributed by atoms with van der Waals surface area (Å²) < 4.78 is 5.56. The van der Waals surface area contributed by atoms with Gasteiger partial charge in [-0.3, -0.25) is 4.98 Å². The average molecular weight is 178 g/mol. The first kappa shape index (κ1) is 8.51. The van der Waals surface area contributed by atoms with Gasteiger partial charge in [-0.1, -0.05) is 0 Å². The minimum atomic E-state index is 0.528. The fraction of sp³-hybridized carbons (Fsp3) is 0.500. The molecular weight excluding hydrogens is 164 g/mol. The molecule has 0 unspecified atom stereocenters. The molecule has 1 N–H and O–H groups in total. The van der Waals surface area contributed by atoms with E-state index in [1.165, 1.54) is 12.8 Å². The minimum Gasteiger partial charge on any atom is -0.490 e. The molecule has 0 saturated carbocycles. The Hall–Kier alpha value is -1.09. The van der Waals surface area contributed by atoms with Crippen LogP contribution in [0, 0.1) is 0 Å². The molecular formula is C10H14N2O. The van der Waals surface area contributed by atoms with Gasteiger partial charge in [0.05, 0.1) is 6.20 Å². The number of aromatic nitrogens is 1. The predicted octanol–water partition coefficient (Wildman–Crippen LogP) is 1.21. The Kier molecular flexibility index (Phi) is 2.77. The molecule has 1 fully saturated rings. The molecule has 0 aromatic carbocycles. The summed E-state index contributed by atoms with van der Waals surface area (Å²) in [5.41, 5.74) is 0. The molecule has 1 aromatic rings. The third-order valence-corrected chi connectivity index (χ3v) is 2.25. The monoisotopic (exact) mass is 178 g/mol. The van der Waals surface area contributed by atoms with Crippen LogP contribution in [0.15, 0.2) is 24.5 Å². The molecule has 0 amide bonds. The van der Waals surface area contributed by atoms with E-state index in [4.69, 9.17) is 4.74 Å². The van der Waals surface area contributed by atoms with Crippen LogP contribution in [0.2, 0.25) is 0 Å². The zero-order valence-electron chi connectivity index (χ0n) is 7.57. The smallest absolute Gasteiger partial charge is 0.137 e. The maximum Gasteiger partial charge on any atom is 0.137 e. The molecule has 0 bridgehead atoms. The van der Waals surface area contributed by atoms with E-state index in [1.807, 2.05) is 12.1 Å². The predicted molar refractivity (Wildman–Crippen MR) is 50.8 cm³/mol. The van der Waals surface area contributed by atoms with Crippen molar-refractivity contribution in [1.29, 1.82) is 0 Å². The molecule has 1 saturated heterocycles. The van der Waals surface area contributed by atoms with Crippen molar-refractivity contribution in [2.75, 3.05) is 13.2 Å². The highest BCUT2D eigenvalue weighted by Gasteiger charge is 2.13. The van der Waals surface area contributed by atoms with Gasteiger partial charge in [-0.2, -0.15) is 0 Å². The number of hydrogen-bond acceptors (Lipinski definition) is 3. The van der Waals surface area contributed by atoms with Crippen molar-refractivity contribution < 1.29 is 4.74 Å². The van der Waals surface area contributed by atoms with Crippen molar-refractivity contribution in [2.24, 2.45) is 0 Å². The Bertz CT molecular complexity index is 244. The summed E-state index contributed by atoms with van der Waals surface area (Å²) in [6.45, 7) is 1.88. The summed E-state index contributed by atoms with van der Waals surface area (Å²) in [6, 6.07) is 4.35. The highest BCUT2D eigenvalue weighted by atomic mass is 16.5. The standard InChI is InChI=1S/C10H14N2O/c1-3-9(12-6-1)8-13-10-4-2-5-11-7-10/h2,4-5,7,9,12H,1,3,6,8H2/t9-/m0/s1. The fourth-order valence-corrected chi connectivity index (χ4v) is 1.53. The van der Waals surface area contributed by atoms with Crippen molar-refractivity contribution in [1.82, 2.24) is 10.3 Å². The lowest BCUT2D eigenvalue weighted by atomic mass is 10.2. The van der Waals surface area contributed by atoms with Crippen molar-refractivity contribution in [3.8, 4) is 5.75 Å². The summed E-state index contributed by atoms with van der Waals surface area (Å²) in [7, 11) is 0. The van der Waals surface area contributed by atoms with Crippen LogP contribution < -0.4 is 10.1 Å². The molecule has 3 heteroatoms. The molecule has 1 atom stereocenters. The first-order chi connectivity index (χ1) is 6.45. The molecule has 0 aliphatic carbocycles. The minimum absolute atomic E-state index is 0.528. The second-order valence-electron chi connectivity index (χ2n) is 3.29. The number of pyridine rings is 1. The summed E-state index contributed by atoms with van der Waals surface area (Å²) in [5, 5.41) is 3.38. The first-order valence-electron chi connectivity index (χ1n) is 4.71. The zero-order valence-corrected chi connectivity index (χ0v) is 7.57.